The normalized spacial score (nSPS) is 11.0. The number of rotatable bonds is 5. The third kappa shape index (κ3) is 3.05. The number of nitrogens with one attached hydrogen (secondary N) is 2. The predicted octanol–water partition coefficient (Wildman–Crippen LogP) is 1.58. The van der Waals surface area contributed by atoms with Crippen LogP contribution >= 0.6 is 0 Å². The zero-order valence-corrected chi connectivity index (χ0v) is 15.1. The van der Waals surface area contributed by atoms with E-state index in [2.05, 4.69) is 20.6 Å². The number of aromatic nitrogens is 4. The molecule has 4 aromatic rings. The fraction of sp³-hybridized carbons (Fsp3) is 0.150. The molecule has 0 radical (unpaired) electrons. The van der Waals surface area contributed by atoms with Crippen LogP contribution in [0.5, 0.6) is 0 Å². The standard InChI is InChI=1S/C20H17N5O3/c1-12-17(13-6-2-4-8-15(13)22-12)18(26)19(27)21-10-11-25-20(28)14-7-3-5-9-16(14)23-24-25/h2-9,22H,10-11H2,1H3,(H,21,27). The summed E-state index contributed by atoms with van der Waals surface area (Å²) in [6.07, 6.45) is 0. The summed E-state index contributed by atoms with van der Waals surface area (Å²) in [7, 11) is 0. The molecule has 2 heterocycles. The number of nitrogens with zero attached hydrogens (tertiary/aromatic N) is 3. The van der Waals surface area contributed by atoms with E-state index in [0.29, 0.717) is 27.5 Å². The minimum absolute atomic E-state index is 0.0822. The van der Waals surface area contributed by atoms with Crippen molar-refractivity contribution in [3.63, 3.8) is 0 Å². The molecule has 1 amide bonds. The number of hydrogen-bond donors (Lipinski definition) is 2. The fourth-order valence-electron chi connectivity index (χ4n) is 3.21. The van der Waals surface area contributed by atoms with Crippen LogP contribution in [0.1, 0.15) is 16.1 Å². The van der Waals surface area contributed by atoms with Gasteiger partial charge in [-0.15, -0.1) is 5.10 Å². The second kappa shape index (κ2) is 7.07. The maximum atomic E-state index is 12.6. The number of hydrogen-bond acceptors (Lipinski definition) is 5. The average molecular weight is 375 g/mol. The topological polar surface area (TPSA) is 110 Å². The summed E-state index contributed by atoms with van der Waals surface area (Å²) >= 11 is 0. The molecule has 0 aliphatic carbocycles. The molecule has 2 aromatic carbocycles. The maximum absolute atomic E-state index is 12.6. The van der Waals surface area contributed by atoms with Crippen LogP contribution in [0, 0.1) is 6.92 Å². The number of fused-ring (bicyclic) bond motifs is 2. The van der Waals surface area contributed by atoms with Gasteiger partial charge < -0.3 is 10.3 Å². The van der Waals surface area contributed by atoms with Crippen molar-refractivity contribution in [1.29, 1.82) is 0 Å². The Kier molecular flexibility index (Phi) is 4.44. The molecule has 0 saturated heterocycles. The number of para-hydroxylation sites is 1. The first-order valence-electron chi connectivity index (χ1n) is 8.78. The van der Waals surface area contributed by atoms with Gasteiger partial charge >= 0.3 is 0 Å². The summed E-state index contributed by atoms with van der Waals surface area (Å²) in [5.74, 6) is -1.35. The van der Waals surface area contributed by atoms with Gasteiger partial charge in [-0.05, 0) is 25.1 Å². The molecule has 8 heteroatoms. The Morgan fingerprint density at radius 2 is 1.79 bits per heavy atom. The molecular formula is C20H17N5O3. The first kappa shape index (κ1) is 17.6. The number of carbonyl (C=O) groups is 2. The number of Topliss-reactive ketones (excluding diaryl/α,β-unsaturated/α-hetero) is 1. The van der Waals surface area contributed by atoms with Gasteiger partial charge in [-0.3, -0.25) is 14.4 Å². The smallest absolute Gasteiger partial charge is 0.292 e. The highest BCUT2D eigenvalue weighted by Crippen LogP contribution is 2.22. The Morgan fingerprint density at radius 3 is 2.61 bits per heavy atom. The molecular weight excluding hydrogens is 358 g/mol. The Bertz CT molecular complexity index is 1270. The van der Waals surface area contributed by atoms with Crippen LogP contribution < -0.4 is 10.9 Å². The van der Waals surface area contributed by atoms with E-state index in [9.17, 15) is 14.4 Å². The summed E-state index contributed by atoms with van der Waals surface area (Å²) in [5, 5.41) is 11.6. The van der Waals surface area contributed by atoms with Crippen molar-refractivity contribution in [2.45, 2.75) is 13.5 Å². The van der Waals surface area contributed by atoms with Crippen molar-refractivity contribution < 1.29 is 9.59 Å². The molecule has 0 bridgehead atoms. The highest BCUT2D eigenvalue weighted by atomic mass is 16.2. The zero-order chi connectivity index (χ0) is 19.7. The monoisotopic (exact) mass is 375 g/mol. The second-order valence-electron chi connectivity index (χ2n) is 6.39. The number of aromatic amines is 1. The van der Waals surface area contributed by atoms with E-state index in [4.69, 9.17) is 0 Å². The third-order valence-electron chi connectivity index (χ3n) is 4.57. The quantitative estimate of drug-likeness (QED) is 0.407. The van der Waals surface area contributed by atoms with Gasteiger partial charge in [0.25, 0.3) is 17.2 Å². The molecule has 2 N–H and O–H groups in total. The minimum Gasteiger partial charge on any atom is -0.358 e. The summed E-state index contributed by atoms with van der Waals surface area (Å²) in [6, 6.07) is 14.2. The Balaban J connectivity index is 1.47. The molecule has 0 spiro atoms. The summed E-state index contributed by atoms with van der Waals surface area (Å²) in [6.45, 7) is 1.95. The molecule has 140 valence electrons. The van der Waals surface area contributed by atoms with Gasteiger partial charge in [-0.1, -0.05) is 35.5 Å². The molecule has 0 fully saturated rings. The zero-order valence-electron chi connectivity index (χ0n) is 15.1. The summed E-state index contributed by atoms with van der Waals surface area (Å²) < 4.78 is 1.17. The SMILES string of the molecule is Cc1[nH]c2ccccc2c1C(=O)C(=O)NCCn1nnc2ccccc2c1=O. The van der Waals surface area contributed by atoms with E-state index in [-0.39, 0.29) is 18.6 Å². The number of H-pyrrole nitrogens is 1. The van der Waals surface area contributed by atoms with Crippen molar-refractivity contribution in [2.75, 3.05) is 6.54 Å². The fourth-order valence-corrected chi connectivity index (χ4v) is 3.21. The lowest BCUT2D eigenvalue weighted by molar-refractivity contribution is -0.117. The van der Waals surface area contributed by atoms with Crippen LogP contribution in [-0.4, -0.2) is 38.2 Å². The van der Waals surface area contributed by atoms with E-state index >= 15 is 0 Å². The molecule has 4 rings (SSSR count). The van der Waals surface area contributed by atoms with E-state index < -0.39 is 11.7 Å². The average Bonchev–Trinajstić information content (AvgIpc) is 3.05. The van der Waals surface area contributed by atoms with E-state index in [1.807, 2.05) is 18.2 Å². The largest absolute Gasteiger partial charge is 0.358 e. The van der Waals surface area contributed by atoms with Gasteiger partial charge in [0.05, 0.1) is 17.5 Å². The maximum Gasteiger partial charge on any atom is 0.292 e. The van der Waals surface area contributed by atoms with E-state index in [1.165, 1.54) is 4.68 Å². The van der Waals surface area contributed by atoms with Crippen LogP contribution in [0.15, 0.2) is 53.3 Å². The van der Waals surface area contributed by atoms with Crippen molar-refractivity contribution in [1.82, 2.24) is 25.3 Å². The highest BCUT2D eigenvalue weighted by molar-refractivity contribution is 6.45. The van der Waals surface area contributed by atoms with E-state index in [1.54, 1.807) is 37.3 Å². The van der Waals surface area contributed by atoms with Crippen LogP contribution in [0.25, 0.3) is 21.8 Å². The van der Waals surface area contributed by atoms with Gasteiger partial charge in [0.15, 0.2) is 0 Å². The lowest BCUT2D eigenvalue weighted by Crippen LogP contribution is -2.36. The molecule has 0 saturated carbocycles. The number of carbonyl (C=O) groups excluding carboxylic acids is 2. The van der Waals surface area contributed by atoms with Crippen LogP contribution in [-0.2, 0) is 11.3 Å². The highest BCUT2D eigenvalue weighted by Gasteiger charge is 2.22. The molecule has 8 nitrogen and oxygen atoms in total. The van der Waals surface area contributed by atoms with Gasteiger partial charge in [0.1, 0.15) is 5.52 Å². The molecule has 28 heavy (non-hydrogen) atoms. The lowest BCUT2D eigenvalue weighted by atomic mass is 10.1. The van der Waals surface area contributed by atoms with E-state index in [0.717, 1.165) is 5.52 Å². The van der Waals surface area contributed by atoms with Crippen molar-refractivity contribution in [2.24, 2.45) is 0 Å². The Labute approximate surface area is 159 Å². The molecule has 0 atom stereocenters. The second-order valence-corrected chi connectivity index (χ2v) is 6.39. The first-order valence-corrected chi connectivity index (χ1v) is 8.78. The molecule has 0 aliphatic rings. The number of aryl methyl sites for hydroxylation is 1. The van der Waals surface area contributed by atoms with Crippen LogP contribution in [0.3, 0.4) is 0 Å². The molecule has 2 aromatic heterocycles. The molecule has 0 unspecified atom stereocenters. The van der Waals surface area contributed by atoms with Gasteiger partial charge in [-0.25, -0.2) is 4.68 Å². The minimum atomic E-state index is -0.727. The van der Waals surface area contributed by atoms with Crippen LogP contribution in [0.4, 0.5) is 0 Å². The number of amides is 1. The first-order chi connectivity index (χ1) is 13.6. The van der Waals surface area contributed by atoms with Gasteiger partial charge in [0, 0.05) is 23.1 Å². The van der Waals surface area contributed by atoms with Crippen molar-refractivity contribution >= 4 is 33.5 Å². The Hall–Kier alpha value is -3.81. The molecule has 0 aliphatic heterocycles. The van der Waals surface area contributed by atoms with Crippen LogP contribution in [0.2, 0.25) is 0 Å². The summed E-state index contributed by atoms with van der Waals surface area (Å²) in [5.41, 5.74) is 2.01. The van der Waals surface area contributed by atoms with Gasteiger partial charge in [-0.2, -0.15) is 0 Å². The Morgan fingerprint density at radius 1 is 1.07 bits per heavy atom. The predicted molar refractivity (Wildman–Crippen MR) is 104 cm³/mol. The third-order valence-corrected chi connectivity index (χ3v) is 4.57. The summed E-state index contributed by atoms with van der Waals surface area (Å²) in [4.78, 5) is 40.4. The number of benzene rings is 2. The lowest BCUT2D eigenvalue weighted by Gasteiger charge is -2.07. The number of ketones is 1. The van der Waals surface area contributed by atoms with Crippen molar-refractivity contribution in [3.8, 4) is 0 Å². The van der Waals surface area contributed by atoms with Gasteiger partial charge in [0.2, 0.25) is 0 Å². The van der Waals surface area contributed by atoms with Crippen molar-refractivity contribution in [3.05, 3.63) is 70.1 Å².